The number of nitrogens with zero attached hydrogens (tertiary/aromatic N) is 3. The van der Waals surface area contributed by atoms with E-state index in [9.17, 15) is 18.0 Å². The highest BCUT2D eigenvalue weighted by Gasteiger charge is 2.39. The average Bonchev–Trinajstić information content (AvgIpc) is 2.87. The standard InChI is InChI=1S/C15H15F3N4O/c16-15(17,18)14-10-5-1-2-6-11(10)22(21-14)9-13(23)20-12-7-3-4-8-19-12/h3-4,7-8H,1-2,5-6,9H2,(H,19,20,23). The Labute approximate surface area is 130 Å². The van der Waals surface area contributed by atoms with Gasteiger partial charge in [0.2, 0.25) is 5.91 Å². The molecule has 0 aliphatic heterocycles. The summed E-state index contributed by atoms with van der Waals surface area (Å²) < 4.78 is 40.4. The molecule has 0 fully saturated rings. The average molecular weight is 324 g/mol. The van der Waals surface area contributed by atoms with Gasteiger partial charge in [0.25, 0.3) is 0 Å². The number of pyridine rings is 1. The molecular formula is C15H15F3N4O. The van der Waals surface area contributed by atoms with Crippen molar-refractivity contribution >= 4 is 11.7 Å². The Morgan fingerprint density at radius 3 is 2.74 bits per heavy atom. The molecule has 2 aromatic rings. The first-order valence-corrected chi connectivity index (χ1v) is 7.32. The topological polar surface area (TPSA) is 59.8 Å². The number of hydrogen-bond acceptors (Lipinski definition) is 3. The van der Waals surface area contributed by atoms with E-state index in [1.807, 2.05) is 0 Å². The summed E-state index contributed by atoms with van der Waals surface area (Å²) in [5.41, 5.74) is -0.119. The number of hydrogen-bond donors (Lipinski definition) is 1. The highest BCUT2D eigenvalue weighted by molar-refractivity contribution is 5.89. The summed E-state index contributed by atoms with van der Waals surface area (Å²) in [6.45, 7) is -0.255. The number of amides is 1. The number of alkyl halides is 3. The fourth-order valence-corrected chi connectivity index (χ4v) is 2.78. The van der Waals surface area contributed by atoms with E-state index >= 15 is 0 Å². The lowest BCUT2D eigenvalue weighted by Crippen LogP contribution is -2.22. The molecule has 0 radical (unpaired) electrons. The van der Waals surface area contributed by atoms with Crippen molar-refractivity contribution in [2.75, 3.05) is 5.32 Å². The van der Waals surface area contributed by atoms with E-state index < -0.39 is 17.8 Å². The number of nitrogens with one attached hydrogen (secondary N) is 1. The van der Waals surface area contributed by atoms with E-state index in [0.717, 1.165) is 6.42 Å². The van der Waals surface area contributed by atoms with Crippen molar-refractivity contribution < 1.29 is 18.0 Å². The van der Waals surface area contributed by atoms with Gasteiger partial charge in [-0.1, -0.05) is 6.07 Å². The van der Waals surface area contributed by atoms with Crippen LogP contribution >= 0.6 is 0 Å². The number of halogens is 3. The molecular weight excluding hydrogens is 309 g/mol. The van der Waals surface area contributed by atoms with E-state index in [0.29, 0.717) is 30.8 Å². The Kier molecular flexibility index (Phi) is 4.06. The molecule has 1 amide bonds. The molecule has 0 saturated carbocycles. The normalized spacial score (nSPS) is 14.4. The van der Waals surface area contributed by atoms with Crippen LogP contribution in [0.4, 0.5) is 19.0 Å². The van der Waals surface area contributed by atoms with Crippen LogP contribution in [0.15, 0.2) is 24.4 Å². The van der Waals surface area contributed by atoms with Gasteiger partial charge in [0, 0.05) is 17.5 Å². The molecule has 5 nitrogen and oxygen atoms in total. The van der Waals surface area contributed by atoms with Crippen LogP contribution in [0.3, 0.4) is 0 Å². The van der Waals surface area contributed by atoms with E-state index in [2.05, 4.69) is 15.4 Å². The second-order valence-corrected chi connectivity index (χ2v) is 5.40. The third-order valence-corrected chi connectivity index (χ3v) is 3.75. The molecule has 0 aromatic carbocycles. The minimum Gasteiger partial charge on any atom is -0.309 e. The zero-order chi connectivity index (χ0) is 16.4. The van der Waals surface area contributed by atoms with Gasteiger partial charge < -0.3 is 5.32 Å². The van der Waals surface area contributed by atoms with Crippen LogP contribution in [0.25, 0.3) is 0 Å². The first-order valence-electron chi connectivity index (χ1n) is 7.32. The minimum atomic E-state index is -4.50. The van der Waals surface area contributed by atoms with Crippen LogP contribution in [0.5, 0.6) is 0 Å². The zero-order valence-electron chi connectivity index (χ0n) is 12.2. The molecule has 0 atom stereocenters. The molecule has 2 heterocycles. The van der Waals surface area contributed by atoms with Crippen molar-refractivity contribution in [3.63, 3.8) is 0 Å². The second kappa shape index (κ2) is 6.02. The van der Waals surface area contributed by atoms with Crippen LogP contribution in [-0.2, 0) is 30.4 Å². The van der Waals surface area contributed by atoms with Crippen LogP contribution in [0, 0.1) is 0 Å². The third-order valence-electron chi connectivity index (χ3n) is 3.75. The predicted octanol–water partition coefficient (Wildman–Crippen LogP) is 2.81. The van der Waals surface area contributed by atoms with Crippen molar-refractivity contribution in [2.24, 2.45) is 0 Å². The highest BCUT2D eigenvalue weighted by Crippen LogP contribution is 2.35. The smallest absolute Gasteiger partial charge is 0.309 e. The minimum absolute atomic E-state index is 0.231. The van der Waals surface area contributed by atoms with Crippen molar-refractivity contribution in [1.29, 1.82) is 0 Å². The van der Waals surface area contributed by atoms with Crippen molar-refractivity contribution in [1.82, 2.24) is 14.8 Å². The maximum Gasteiger partial charge on any atom is 0.435 e. The van der Waals surface area contributed by atoms with Gasteiger partial charge in [0.05, 0.1) is 0 Å². The molecule has 23 heavy (non-hydrogen) atoms. The van der Waals surface area contributed by atoms with E-state index in [1.54, 1.807) is 18.2 Å². The molecule has 3 rings (SSSR count). The molecule has 1 N–H and O–H groups in total. The Balaban J connectivity index is 1.83. The van der Waals surface area contributed by atoms with E-state index in [1.165, 1.54) is 10.9 Å². The molecule has 0 spiro atoms. The lowest BCUT2D eigenvalue weighted by Gasteiger charge is -2.14. The molecule has 0 bridgehead atoms. The van der Waals surface area contributed by atoms with Crippen LogP contribution in [0.2, 0.25) is 0 Å². The van der Waals surface area contributed by atoms with Crippen molar-refractivity contribution in [2.45, 2.75) is 38.4 Å². The van der Waals surface area contributed by atoms with Crippen molar-refractivity contribution in [3.8, 4) is 0 Å². The summed E-state index contributed by atoms with van der Waals surface area (Å²) in [6, 6.07) is 5.02. The quantitative estimate of drug-likeness (QED) is 0.944. The Bertz CT molecular complexity index is 710. The zero-order valence-corrected chi connectivity index (χ0v) is 12.2. The fraction of sp³-hybridized carbons (Fsp3) is 0.400. The number of rotatable bonds is 3. The Morgan fingerprint density at radius 2 is 2.04 bits per heavy atom. The van der Waals surface area contributed by atoms with Gasteiger partial charge in [0.1, 0.15) is 12.4 Å². The Hall–Kier alpha value is -2.38. The molecule has 0 unspecified atom stereocenters. The lowest BCUT2D eigenvalue weighted by molar-refractivity contribution is -0.142. The molecule has 0 saturated heterocycles. The van der Waals surface area contributed by atoms with Gasteiger partial charge >= 0.3 is 6.18 Å². The van der Waals surface area contributed by atoms with Gasteiger partial charge in [-0.25, -0.2) is 4.98 Å². The first-order chi connectivity index (χ1) is 10.9. The number of carbonyl (C=O) groups excluding carboxylic acids is 1. The van der Waals surface area contributed by atoms with Gasteiger partial charge in [-0.05, 0) is 37.8 Å². The van der Waals surface area contributed by atoms with Gasteiger partial charge in [-0.15, -0.1) is 0 Å². The van der Waals surface area contributed by atoms with Gasteiger partial charge in [0.15, 0.2) is 5.69 Å². The predicted molar refractivity (Wildman–Crippen MR) is 76.7 cm³/mol. The summed E-state index contributed by atoms with van der Waals surface area (Å²) >= 11 is 0. The summed E-state index contributed by atoms with van der Waals surface area (Å²) in [5.74, 6) is -0.0946. The van der Waals surface area contributed by atoms with Crippen LogP contribution < -0.4 is 5.32 Å². The first kappa shape index (κ1) is 15.5. The summed E-state index contributed by atoms with van der Waals surface area (Å²) in [7, 11) is 0. The molecule has 2 aromatic heterocycles. The maximum absolute atomic E-state index is 13.1. The monoisotopic (exact) mass is 324 g/mol. The maximum atomic E-state index is 13.1. The molecule has 122 valence electrons. The van der Waals surface area contributed by atoms with Gasteiger partial charge in [-0.3, -0.25) is 9.48 Å². The van der Waals surface area contributed by atoms with E-state index in [-0.39, 0.29) is 12.1 Å². The van der Waals surface area contributed by atoms with E-state index in [4.69, 9.17) is 0 Å². The summed E-state index contributed by atoms with van der Waals surface area (Å²) in [4.78, 5) is 16.0. The third kappa shape index (κ3) is 3.35. The number of fused-ring (bicyclic) bond motifs is 1. The molecule has 1 aliphatic rings. The van der Waals surface area contributed by atoms with Crippen LogP contribution in [0.1, 0.15) is 29.8 Å². The van der Waals surface area contributed by atoms with Crippen LogP contribution in [-0.4, -0.2) is 20.7 Å². The number of carbonyl (C=O) groups is 1. The highest BCUT2D eigenvalue weighted by atomic mass is 19.4. The Morgan fingerprint density at radius 1 is 1.26 bits per heavy atom. The summed E-state index contributed by atoms with van der Waals surface area (Å²) in [5, 5.41) is 6.21. The largest absolute Gasteiger partial charge is 0.435 e. The molecule has 1 aliphatic carbocycles. The fourth-order valence-electron chi connectivity index (χ4n) is 2.78. The lowest BCUT2D eigenvalue weighted by atomic mass is 9.95. The van der Waals surface area contributed by atoms with Crippen molar-refractivity contribution in [3.05, 3.63) is 41.3 Å². The summed E-state index contributed by atoms with van der Waals surface area (Å²) in [6.07, 6.45) is -0.599. The van der Waals surface area contributed by atoms with Gasteiger partial charge in [-0.2, -0.15) is 18.3 Å². The number of anilines is 1. The SMILES string of the molecule is O=C(Cn1nc(C(F)(F)F)c2c1CCCC2)Nc1ccccn1. The number of aromatic nitrogens is 3. The second-order valence-electron chi connectivity index (χ2n) is 5.40. The molecule has 8 heteroatoms.